The molecule has 0 radical (unpaired) electrons. The highest BCUT2D eigenvalue weighted by Crippen LogP contribution is 2.31. The first-order valence-electron chi connectivity index (χ1n) is 12.2. The first-order chi connectivity index (χ1) is 17.6. The maximum Gasteiger partial charge on any atom is 0.265 e. The minimum Gasteiger partial charge on any atom is -0.508 e. The number of nitrogens with zero attached hydrogens (tertiary/aromatic N) is 2. The zero-order valence-electron chi connectivity index (χ0n) is 21.3. The molecular formula is C29H32N2O5S. The van der Waals surface area contributed by atoms with Crippen LogP contribution in [0, 0.1) is 20.8 Å². The molecule has 0 saturated carbocycles. The van der Waals surface area contributed by atoms with Crippen molar-refractivity contribution in [2.75, 3.05) is 30.6 Å². The third-order valence-electron chi connectivity index (χ3n) is 6.31. The number of carbonyl (C=O) groups excluding carboxylic acids is 1. The van der Waals surface area contributed by atoms with E-state index in [2.05, 4.69) is 0 Å². The molecule has 37 heavy (non-hydrogen) atoms. The van der Waals surface area contributed by atoms with E-state index in [4.69, 9.17) is 4.74 Å². The predicted octanol–water partition coefficient (Wildman–Crippen LogP) is 4.58. The minimum atomic E-state index is -3.94. The summed E-state index contributed by atoms with van der Waals surface area (Å²) in [6.45, 7) is 7.82. The first kappa shape index (κ1) is 26.4. The molecule has 1 aliphatic rings. The molecule has 0 bridgehead atoms. The number of ether oxygens (including phenoxy) is 1. The minimum absolute atomic E-state index is 0.0498. The highest BCUT2D eigenvalue weighted by molar-refractivity contribution is 7.92. The van der Waals surface area contributed by atoms with Gasteiger partial charge >= 0.3 is 0 Å². The summed E-state index contributed by atoms with van der Waals surface area (Å²) in [6.07, 6.45) is 3.25. The summed E-state index contributed by atoms with van der Waals surface area (Å²) in [7, 11) is -3.94. The molecule has 3 aromatic carbocycles. The number of hydrogen-bond acceptors (Lipinski definition) is 5. The Bertz CT molecular complexity index is 1390. The molecule has 0 aromatic heterocycles. The molecule has 1 fully saturated rings. The molecule has 8 heteroatoms. The Morgan fingerprint density at radius 3 is 2.27 bits per heavy atom. The van der Waals surface area contributed by atoms with Crippen LogP contribution in [0.4, 0.5) is 5.69 Å². The van der Waals surface area contributed by atoms with Gasteiger partial charge in [-0.15, -0.1) is 0 Å². The SMILES string of the molecule is Cc1cc(C)c(S(=O)(=O)N(Cc2cccc(O)c2)c2ccc(C=CC(=O)N3CCOCC3)cc2)c(C)c1. The maximum absolute atomic E-state index is 14.0. The second kappa shape index (κ2) is 11.2. The van der Waals surface area contributed by atoms with Crippen molar-refractivity contribution in [3.05, 3.63) is 94.6 Å². The van der Waals surface area contributed by atoms with Crippen LogP contribution in [0.3, 0.4) is 0 Å². The first-order valence-corrected chi connectivity index (χ1v) is 13.6. The largest absolute Gasteiger partial charge is 0.508 e. The molecule has 1 aliphatic heterocycles. The number of morpholine rings is 1. The van der Waals surface area contributed by atoms with Gasteiger partial charge in [0.25, 0.3) is 10.0 Å². The Morgan fingerprint density at radius 1 is 1.00 bits per heavy atom. The summed E-state index contributed by atoms with van der Waals surface area (Å²) >= 11 is 0. The van der Waals surface area contributed by atoms with Crippen LogP contribution in [0.1, 0.15) is 27.8 Å². The number of benzene rings is 3. The third kappa shape index (κ3) is 6.21. The molecule has 7 nitrogen and oxygen atoms in total. The summed E-state index contributed by atoms with van der Waals surface area (Å²) in [5, 5.41) is 9.96. The number of sulfonamides is 1. The number of aromatic hydroxyl groups is 1. The van der Waals surface area contributed by atoms with Crippen LogP contribution in [0.2, 0.25) is 0 Å². The number of carbonyl (C=O) groups is 1. The van der Waals surface area contributed by atoms with Crippen LogP contribution in [0.25, 0.3) is 6.08 Å². The van der Waals surface area contributed by atoms with Crippen molar-refractivity contribution in [1.82, 2.24) is 4.90 Å². The van der Waals surface area contributed by atoms with Gasteiger partial charge in [0.2, 0.25) is 5.91 Å². The second-order valence-electron chi connectivity index (χ2n) is 9.27. The molecule has 1 amide bonds. The molecular weight excluding hydrogens is 488 g/mol. The zero-order chi connectivity index (χ0) is 26.6. The van der Waals surface area contributed by atoms with E-state index in [0.29, 0.717) is 48.7 Å². The quantitative estimate of drug-likeness (QED) is 0.461. The molecule has 1 heterocycles. The van der Waals surface area contributed by atoms with Crippen molar-refractivity contribution < 1.29 is 23.1 Å². The topological polar surface area (TPSA) is 87.2 Å². The van der Waals surface area contributed by atoms with E-state index < -0.39 is 10.0 Å². The van der Waals surface area contributed by atoms with E-state index in [9.17, 15) is 18.3 Å². The predicted molar refractivity (Wildman–Crippen MR) is 145 cm³/mol. The summed E-state index contributed by atoms with van der Waals surface area (Å²) in [5.41, 5.74) is 4.28. The Kier molecular flexibility index (Phi) is 8.00. The number of rotatable bonds is 7. The molecule has 0 aliphatic carbocycles. The van der Waals surface area contributed by atoms with Crippen LogP contribution in [-0.4, -0.2) is 50.6 Å². The molecule has 0 spiro atoms. The standard InChI is InChI=1S/C29H32N2O5S/c1-21-17-22(2)29(23(3)18-21)37(34,35)31(20-25-5-4-6-27(32)19-25)26-10-7-24(8-11-26)9-12-28(33)30-13-15-36-16-14-30/h4-12,17-19,32H,13-16,20H2,1-3H3. The summed E-state index contributed by atoms with van der Waals surface area (Å²) in [4.78, 5) is 14.4. The van der Waals surface area contributed by atoms with Crippen molar-refractivity contribution in [2.24, 2.45) is 0 Å². The van der Waals surface area contributed by atoms with Gasteiger partial charge in [-0.25, -0.2) is 8.42 Å². The van der Waals surface area contributed by atoms with Gasteiger partial charge in [-0.1, -0.05) is 42.0 Å². The number of hydrogen-bond donors (Lipinski definition) is 1. The lowest BCUT2D eigenvalue weighted by molar-refractivity contribution is -0.129. The van der Waals surface area contributed by atoms with Crippen molar-refractivity contribution in [3.8, 4) is 5.75 Å². The van der Waals surface area contributed by atoms with Crippen LogP contribution in [-0.2, 0) is 26.1 Å². The number of aryl methyl sites for hydroxylation is 3. The summed E-state index contributed by atoms with van der Waals surface area (Å²) in [5.74, 6) is -0.00578. The Morgan fingerprint density at radius 2 is 1.65 bits per heavy atom. The van der Waals surface area contributed by atoms with Gasteiger partial charge in [-0.05, 0) is 73.4 Å². The molecule has 3 aromatic rings. The number of amides is 1. The number of anilines is 1. The lowest BCUT2D eigenvalue weighted by atomic mass is 10.1. The third-order valence-corrected chi connectivity index (χ3v) is 8.39. The van der Waals surface area contributed by atoms with Crippen LogP contribution in [0.15, 0.2) is 71.6 Å². The molecule has 194 valence electrons. The maximum atomic E-state index is 14.0. The van der Waals surface area contributed by atoms with E-state index in [-0.39, 0.29) is 23.1 Å². The lowest BCUT2D eigenvalue weighted by Crippen LogP contribution is -2.39. The van der Waals surface area contributed by atoms with Gasteiger partial charge in [0, 0.05) is 19.2 Å². The van der Waals surface area contributed by atoms with Gasteiger partial charge in [-0.2, -0.15) is 0 Å². The molecule has 0 atom stereocenters. The van der Waals surface area contributed by atoms with E-state index in [0.717, 1.165) is 11.1 Å². The Balaban J connectivity index is 1.67. The van der Waals surface area contributed by atoms with E-state index >= 15 is 0 Å². The fourth-order valence-electron chi connectivity index (χ4n) is 4.63. The van der Waals surface area contributed by atoms with Crippen LogP contribution < -0.4 is 4.31 Å². The molecule has 1 saturated heterocycles. The van der Waals surface area contributed by atoms with Gasteiger partial charge in [0.05, 0.1) is 30.3 Å². The number of phenols is 1. The second-order valence-corrected chi connectivity index (χ2v) is 11.1. The Labute approximate surface area is 218 Å². The smallest absolute Gasteiger partial charge is 0.265 e. The number of phenolic OH excluding ortho intramolecular Hbond substituents is 1. The van der Waals surface area contributed by atoms with Gasteiger partial charge in [-0.3, -0.25) is 9.10 Å². The molecule has 0 unspecified atom stereocenters. The molecule has 4 rings (SSSR count). The van der Waals surface area contributed by atoms with E-state index in [1.807, 2.05) is 19.1 Å². The van der Waals surface area contributed by atoms with Gasteiger partial charge in [0.1, 0.15) is 5.75 Å². The Hall–Kier alpha value is -3.62. The zero-order valence-corrected chi connectivity index (χ0v) is 22.2. The van der Waals surface area contributed by atoms with Gasteiger partial charge < -0.3 is 14.7 Å². The normalized spacial score (nSPS) is 14.2. The van der Waals surface area contributed by atoms with Crippen LogP contribution in [0.5, 0.6) is 5.75 Å². The highest BCUT2D eigenvalue weighted by atomic mass is 32.2. The highest BCUT2D eigenvalue weighted by Gasteiger charge is 2.29. The van der Waals surface area contributed by atoms with E-state index in [1.54, 1.807) is 73.4 Å². The van der Waals surface area contributed by atoms with Crippen molar-refractivity contribution in [3.63, 3.8) is 0 Å². The van der Waals surface area contributed by atoms with Crippen molar-refractivity contribution >= 4 is 27.7 Å². The average molecular weight is 521 g/mol. The fraction of sp³-hybridized carbons (Fsp3) is 0.276. The molecule has 1 N–H and O–H groups in total. The van der Waals surface area contributed by atoms with Crippen LogP contribution >= 0.6 is 0 Å². The average Bonchev–Trinajstić information content (AvgIpc) is 2.86. The van der Waals surface area contributed by atoms with E-state index in [1.165, 1.54) is 10.4 Å². The van der Waals surface area contributed by atoms with Gasteiger partial charge in [0.15, 0.2) is 0 Å². The summed E-state index contributed by atoms with van der Waals surface area (Å²) < 4.78 is 34.7. The van der Waals surface area contributed by atoms with Crippen molar-refractivity contribution in [2.45, 2.75) is 32.2 Å². The monoisotopic (exact) mass is 520 g/mol. The fourth-order valence-corrected chi connectivity index (χ4v) is 6.50. The van der Waals surface area contributed by atoms with Crippen molar-refractivity contribution in [1.29, 1.82) is 0 Å². The summed E-state index contributed by atoms with van der Waals surface area (Å²) in [6, 6.07) is 17.4. The lowest BCUT2D eigenvalue weighted by Gasteiger charge is -2.27.